The van der Waals surface area contributed by atoms with Crippen molar-refractivity contribution in [2.75, 3.05) is 18.0 Å². The molecule has 0 spiro atoms. The molecule has 3 rings (SSSR count). The maximum Gasteiger partial charge on any atom is 0.303 e. The van der Waals surface area contributed by atoms with E-state index in [1.54, 1.807) is 6.20 Å². The second kappa shape index (κ2) is 4.48. The second-order valence-corrected chi connectivity index (χ2v) is 5.04. The number of carboxylic acids is 1. The summed E-state index contributed by atoms with van der Waals surface area (Å²) in [6.07, 6.45) is 4.60. The highest BCUT2D eigenvalue weighted by Crippen LogP contribution is 2.30. The van der Waals surface area contributed by atoms with Crippen molar-refractivity contribution in [3.8, 4) is 5.88 Å². The summed E-state index contributed by atoms with van der Waals surface area (Å²) in [5, 5.41) is 8.71. The monoisotopic (exact) mass is 248 g/mol. The number of hydrogen-bond donors (Lipinski definition) is 1. The van der Waals surface area contributed by atoms with Gasteiger partial charge in [-0.05, 0) is 18.9 Å². The molecule has 1 aliphatic carbocycles. The zero-order chi connectivity index (χ0) is 12.5. The quantitative estimate of drug-likeness (QED) is 0.856. The van der Waals surface area contributed by atoms with E-state index in [2.05, 4.69) is 9.88 Å². The number of carbonyl (C=O) groups is 1. The highest BCUT2D eigenvalue weighted by Gasteiger charge is 2.29. The first-order valence-electron chi connectivity index (χ1n) is 6.30. The molecule has 1 saturated carbocycles. The van der Waals surface area contributed by atoms with Gasteiger partial charge in [-0.2, -0.15) is 0 Å². The first-order chi connectivity index (χ1) is 8.70. The van der Waals surface area contributed by atoms with Crippen LogP contribution in [0.25, 0.3) is 0 Å². The molecule has 2 fully saturated rings. The predicted molar refractivity (Wildman–Crippen MR) is 65.8 cm³/mol. The van der Waals surface area contributed by atoms with Crippen molar-refractivity contribution in [2.24, 2.45) is 5.92 Å². The number of anilines is 1. The number of aliphatic carboxylic acids is 1. The van der Waals surface area contributed by atoms with Gasteiger partial charge in [0.1, 0.15) is 6.10 Å². The molecule has 0 radical (unpaired) electrons. The first-order valence-corrected chi connectivity index (χ1v) is 6.30. The standard InChI is InChI=1S/C13H16N2O3/c16-13(17)5-9-7-15(8-9)10-3-4-14-12(6-10)18-11-1-2-11/h3-4,6,9,11H,1-2,5,7-8H2,(H,16,17). The van der Waals surface area contributed by atoms with Crippen LogP contribution >= 0.6 is 0 Å². The van der Waals surface area contributed by atoms with E-state index in [-0.39, 0.29) is 12.3 Å². The maximum absolute atomic E-state index is 10.6. The average Bonchev–Trinajstić information content (AvgIpc) is 3.07. The zero-order valence-corrected chi connectivity index (χ0v) is 10.1. The molecule has 1 N–H and O–H groups in total. The Labute approximate surface area is 105 Å². The van der Waals surface area contributed by atoms with Gasteiger partial charge in [0.25, 0.3) is 0 Å². The van der Waals surface area contributed by atoms with E-state index >= 15 is 0 Å². The van der Waals surface area contributed by atoms with Crippen molar-refractivity contribution in [1.82, 2.24) is 4.98 Å². The van der Waals surface area contributed by atoms with E-state index < -0.39 is 5.97 Å². The van der Waals surface area contributed by atoms with Gasteiger partial charge in [0.2, 0.25) is 5.88 Å². The lowest BCUT2D eigenvalue weighted by atomic mass is 9.96. The van der Waals surface area contributed by atoms with Gasteiger partial charge >= 0.3 is 5.97 Å². The molecule has 1 saturated heterocycles. The molecule has 2 aliphatic rings. The Kier molecular flexibility index (Phi) is 2.81. The lowest BCUT2D eigenvalue weighted by Gasteiger charge is -2.40. The van der Waals surface area contributed by atoms with Crippen LogP contribution in [0.5, 0.6) is 5.88 Å². The highest BCUT2D eigenvalue weighted by molar-refractivity contribution is 5.68. The molecule has 0 bridgehead atoms. The molecule has 0 aromatic carbocycles. The van der Waals surface area contributed by atoms with Gasteiger partial charge < -0.3 is 14.7 Å². The molecule has 0 amide bonds. The zero-order valence-electron chi connectivity index (χ0n) is 10.1. The summed E-state index contributed by atoms with van der Waals surface area (Å²) in [6, 6.07) is 3.88. The molecular weight excluding hydrogens is 232 g/mol. The van der Waals surface area contributed by atoms with Crippen molar-refractivity contribution in [1.29, 1.82) is 0 Å². The molecule has 96 valence electrons. The topological polar surface area (TPSA) is 62.7 Å². The summed E-state index contributed by atoms with van der Waals surface area (Å²) in [5.74, 6) is 0.229. The largest absolute Gasteiger partial charge is 0.481 e. The Hall–Kier alpha value is -1.78. The van der Waals surface area contributed by atoms with E-state index in [1.165, 1.54) is 0 Å². The van der Waals surface area contributed by atoms with Gasteiger partial charge in [0.05, 0.1) is 6.42 Å². The summed E-state index contributed by atoms with van der Waals surface area (Å²) in [6.45, 7) is 1.61. The number of carboxylic acid groups (broad SMARTS) is 1. The maximum atomic E-state index is 10.6. The summed E-state index contributed by atoms with van der Waals surface area (Å²) in [7, 11) is 0. The third-order valence-corrected chi connectivity index (χ3v) is 3.32. The van der Waals surface area contributed by atoms with Crippen LogP contribution in [-0.4, -0.2) is 35.3 Å². The highest BCUT2D eigenvalue weighted by atomic mass is 16.5. The van der Waals surface area contributed by atoms with Gasteiger partial charge in [-0.3, -0.25) is 4.79 Å². The van der Waals surface area contributed by atoms with Crippen LogP contribution in [0.15, 0.2) is 18.3 Å². The number of nitrogens with zero attached hydrogens (tertiary/aromatic N) is 2. The normalized spacial score (nSPS) is 19.4. The van der Waals surface area contributed by atoms with Gasteiger partial charge in [0.15, 0.2) is 0 Å². The molecule has 0 atom stereocenters. The van der Waals surface area contributed by atoms with Crippen molar-refractivity contribution >= 4 is 11.7 Å². The fraction of sp³-hybridized carbons (Fsp3) is 0.538. The minimum absolute atomic E-state index is 0.257. The fourth-order valence-corrected chi connectivity index (χ4v) is 2.17. The smallest absolute Gasteiger partial charge is 0.303 e. The van der Waals surface area contributed by atoms with Crippen LogP contribution in [0.3, 0.4) is 0 Å². The number of hydrogen-bond acceptors (Lipinski definition) is 4. The molecule has 0 unspecified atom stereocenters. The first kappa shape index (κ1) is 11.3. The third-order valence-electron chi connectivity index (χ3n) is 3.32. The molecule has 1 aromatic heterocycles. The Morgan fingerprint density at radius 3 is 2.94 bits per heavy atom. The van der Waals surface area contributed by atoms with Crippen molar-refractivity contribution < 1.29 is 14.6 Å². The molecular formula is C13H16N2O3. The third kappa shape index (κ3) is 2.55. The van der Waals surface area contributed by atoms with Crippen LogP contribution in [0.4, 0.5) is 5.69 Å². The van der Waals surface area contributed by atoms with E-state index in [0.29, 0.717) is 12.0 Å². The van der Waals surface area contributed by atoms with Gasteiger partial charge in [-0.1, -0.05) is 0 Å². The van der Waals surface area contributed by atoms with Crippen molar-refractivity contribution in [3.63, 3.8) is 0 Å². The van der Waals surface area contributed by atoms with Crippen LogP contribution in [0, 0.1) is 5.92 Å². The van der Waals surface area contributed by atoms with Gasteiger partial charge in [0, 0.05) is 37.0 Å². The van der Waals surface area contributed by atoms with E-state index in [0.717, 1.165) is 31.6 Å². The Morgan fingerprint density at radius 1 is 1.50 bits per heavy atom. The van der Waals surface area contributed by atoms with Crippen LogP contribution < -0.4 is 9.64 Å². The number of aromatic nitrogens is 1. The molecule has 5 nitrogen and oxygen atoms in total. The average molecular weight is 248 g/mol. The minimum Gasteiger partial charge on any atom is -0.481 e. The predicted octanol–water partition coefficient (Wildman–Crippen LogP) is 1.53. The number of rotatable bonds is 5. The fourth-order valence-electron chi connectivity index (χ4n) is 2.17. The number of ether oxygens (including phenoxy) is 1. The summed E-state index contributed by atoms with van der Waals surface area (Å²) >= 11 is 0. The van der Waals surface area contributed by atoms with Gasteiger partial charge in [-0.25, -0.2) is 4.98 Å². The van der Waals surface area contributed by atoms with Crippen molar-refractivity contribution in [3.05, 3.63) is 18.3 Å². The molecule has 18 heavy (non-hydrogen) atoms. The van der Waals surface area contributed by atoms with E-state index in [1.807, 2.05) is 12.1 Å². The Balaban J connectivity index is 1.58. The molecule has 1 aliphatic heterocycles. The molecule has 2 heterocycles. The van der Waals surface area contributed by atoms with Crippen LogP contribution in [0.2, 0.25) is 0 Å². The second-order valence-electron chi connectivity index (χ2n) is 5.04. The van der Waals surface area contributed by atoms with Crippen LogP contribution in [-0.2, 0) is 4.79 Å². The summed E-state index contributed by atoms with van der Waals surface area (Å²) < 4.78 is 5.64. The Morgan fingerprint density at radius 2 is 2.28 bits per heavy atom. The van der Waals surface area contributed by atoms with Crippen molar-refractivity contribution in [2.45, 2.75) is 25.4 Å². The van der Waals surface area contributed by atoms with E-state index in [4.69, 9.17) is 9.84 Å². The Bertz CT molecular complexity index is 453. The minimum atomic E-state index is -0.716. The molecule has 5 heteroatoms. The van der Waals surface area contributed by atoms with Crippen LogP contribution in [0.1, 0.15) is 19.3 Å². The molecule has 1 aromatic rings. The van der Waals surface area contributed by atoms with E-state index in [9.17, 15) is 4.79 Å². The summed E-state index contributed by atoms with van der Waals surface area (Å²) in [4.78, 5) is 16.9. The SMILES string of the molecule is O=C(O)CC1CN(c2ccnc(OC3CC3)c2)C1. The number of pyridine rings is 1. The van der Waals surface area contributed by atoms with Gasteiger partial charge in [-0.15, -0.1) is 0 Å². The lowest BCUT2D eigenvalue weighted by Crippen LogP contribution is -2.47. The lowest BCUT2D eigenvalue weighted by molar-refractivity contribution is -0.138. The summed E-state index contributed by atoms with van der Waals surface area (Å²) in [5.41, 5.74) is 1.07.